The highest BCUT2D eigenvalue weighted by Crippen LogP contribution is 2.32. The molecule has 0 spiro atoms. The maximum Gasteiger partial charge on any atom is 0.234 e. The number of benzene rings is 1. The van der Waals surface area contributed by atoms with Crippen molar-refractivity contribution in [2.45, 2.75) is 11.4 Å². The third-order valence-electron chi connectivity index (χ3n) is 2.33. The van der Waals surface area contributed by atoms with Crippen LogP contribution in [0.5, 0.6) is 0 Å². The summed E-state index contributed by atoms with van der Waals surface area (Å²) in [5.74, 6) is 0.578. The maximum absolute atomic E-state index is 11.3. The molecule has 16 heavy (non-hydrogen) atoms. The number of hydrogen-bond donors (Lipinski definition) is 1. The van der Waals surface area contributed by atoms with Gasteiger partial charge in [-0.3, -0.25) is 9.69 Å². The predicted molar refractivity (Wildman–Crippen MR) is 68.0 cm³/mol. The van der Waals surface area contributed by atoms with Gasteiger partial charge in [-0.15, -0.1) is 23.4 Å². The Hall–Kier alpha value is -0.710. The van der Waals surface area contributed by atoms with Crippen LogP contribution in [-0.4, -0.2) is 29.6 Å². The van der Waals surface area contributed by atoms with E-state index in [0.29, 0.717) is 11.8 Å². The third-order valence-corrected chi connectivity index (χ3v) is 3.81. The Bertz CT molecular complexity index is 411. The fraction of sp³-hybridized carbons (Fsp3) is 0.364. The summed E-state index contributed by atoms with van der Waals surface area (Å²) >= 11 is 7.30. The number of rotatable bonds is 3. The van der Waals surface area contributed by atoms with Gasteiger partial charge < -0.3 is 5.32 Å². The second-order valence-electron chi connectivity index (χ2n) is 3.80. The van der Waals surface area contributed by atoms with Crippen molar-refractivity contribution in [1.29, 1.82) is 0 Å². The van der Waals surface area contributed by atoms with Gasteiger partial charge >= 0.3 is 0 Å². The largest absolute Gasteiger partial charge is 0.324 e. The van der Waals surface area contributed by atoms with E-state index in [9.17, 15) is 4.79 Å². The van der Waals surface area contributed by atoms with E-state index in [1.165, 1.54) is 0 Å². The molecule has 0 radical (unpaired) electrons. The van der Waals surface area contributed by atoms with Crippen LogP contribution in [0.25, 0.3) is 0 Å². The minimum absolute atomic E-state index is 0.0698. The molecule has 0 aliphatic carbocycles. The first-order chi connectivity index (χ1) is 7.69. The fourth-order valence-corrected chi connectivity index (χ4v) is 2.46. The molecule has 86 valence electrons. The van der Waals surface area contributed by atoms with Crippen molar-refractivity contribution in [3.63, 3.8) is 0 Å². The molecule has 0 saturated heterocycles. The van der Waals surface area contributed by atoms with E-state index in [4.69, 9.17) is 11.6 Å². The first-order valence-electron chi connectivity index (χ1n) is 4.99. The van der Waals surface area contributed by atoms with Gasteiger partial charge in [0.05, 0.1) is 17.4 Å². The van der Waals surface area contributed by atoms with E-state index in [2.05, 4.69) is 17.4 Å². The smallest absolute Gasteiger partial charge is 0.234 e. The molecule has 1 aromatic carbocycles. The number of carbonyl (C=O) groups excluding carboxylic acids is 1. The van der Waals surface area contributed by atoms with E-state index in [1.54, 1.807) is 11.8 Å². The summed E-state index contributed by atoms with van der Waals surface area (Å²) in [4.78, 5) is 14.4. The molecule has 0 bridgehead atoms. The maximum atomic E-state index is 11.3. The predicted octanol–water partition coefficient (Wildman–Crippen LogP) is 2.36. The van der Waals surface area contributed by atoms with Crippen LogP contribution in [0.2, 0.25) is 0 Å². The zero-order valence-corrected chi connectivity index (χ0v) is 10.6. The molecule has 2 rings (SSSR count). The van der Waals surface area contributed by atoms with Crippen molar-refractivity contribution in [3.05, 3.63) is 23.8 Å². The second-order valence-corrected chi connectivity index (χ2v) is 5.06. The van der Waals surface area contributed by atoms with Gasteiger partial charge in [-0.05, 0) is 24.7 Å². The minimum Gasteiger partial charge on any atom is -0.324 e. The highest BCUT2D eigenvalue weighted by molar-refractivity contribution is 8.00. The van der Waals surface area contributed by atoms with Gasteiger partial charge in [-0.25, -0.2) is 0 Å². The van der Waals surface area contributed by atoms with Crippen molar-refractivity contribution >= 4 is 35.0 Å². The van der Waals surface area contributed by atoms with Crippen LogP contribution >= 0.6 is 23.4 Å². The van der Waals surface area contributed by atoms with Crippen LogP contribution in [0.1, 0.15) is 5.56 Å². The number of hydrogen-bond acceptors (Lipinski definition) is 3. The average molecular weight is 257 g/mol. The van der Waals surface area contributed by atoms with Crippen molar-refractivity contribution in [2.24, 2.45) is 0 Å². The average Bonchev–Trinajstić information content (AvgIpc) is 2.28. The van der Waals surface area contributed by atoms with Gasteiger partial charge in [0.25, 0.3) is 0 Å². The molecule has 1 aromatic rings. The number of amides is 1. The number of thioether (sulfide) groups is 1. The van der Waals surface area contributed by atoms with Crippen LogP contribution in [0.3, 0.4) is 0 Å². The Kier molecular flexibility index (Phi) is 3.74. The zero-order valence-electron chi connectivity index (χ0n) is 9.00. The van der Waals surface area contributed by atoms with Crippen LogP contribution in [-0.2, 0) is 11.3 Å². The van der Waals surface area contributed by atoms with Gasteiger partial charge in [0.2, 0.25) is 5.91 Å². The number of nitrogens with zero attached hydrogens (tertiary/aromatic N) is 1. The molecule has 1 heterocycles. The fourth-order valence-electron chi connectivity index (χ4n) is 1.58. The molecule has 1 aliphatic rings. The van der Waals surface area contributed by atoms with E-state index in [1.807, 2.05) is 18.0 Å². The van der Waals surface area contributed by atoms with Gasteiger partial charge in [0, 0.05) is 11.4 Å². The van der Waals surface area contributed by atoms with E-state index in [0.717, 1.165) is 22.7 Å². The minimum atomic E-state index is 0.0698. The van der Waals surface area contributed by atoms with Gasteiger partial charge in [-0.2, -0.15) is 0 Å². The molecule has 0 unspecified atom stereocenters. The highest BCUT2D eigenvalue weighted by Gasteiger charge is 2.15. The van der Waals surface area contributed by atoms with Gasteiger partial charge in [0.1, 0.15) is 0 Å². The first kappa shape index (κ1) is 11.8. The van der Waals surface area contributed by atoms with Crippen molar-refractivity contribution in [2.75, 3.05) is 24.1 Å². The molecule has 0 aromatic heterocycles. The van der Waals surface area contributed by atoms with Crippen LogP contribution < -0.4 is 5.32 Å². The summed E-state index contributed by atoms with van der Waals surface area (Å²) in [6.07, 6.45) is 0. The Balaban J connectivity index is 2.18. The lowest BCUT2D eigenvalue weighted by atomic mass is 10.2. The molecular formula is C11H13ClN2OS. The molecular weight excluding hydrogens is 244 g/mol. The number of fused-ring (bicyclic) bond motifs is 1. The third kappa shape index (κ3) is 2.70. The molecule has 5 heteroatoms. The summed E-state index contributed by atoms with van der Waals surface area (Å²) < 4.78 is 0. The Morgan fingerprint density at radius 1 is 1.56 bits per heavy atom. The van der Waals surface area contributed by atoms with Crippen molar-refractivity contribution < 1.29 is 4.79 Å². The highest BCUT2D eigenvalue weighted by atomic mass is 35.5. The molecule has 3 nitrogen and oxygen atoms in total. The molecule has 0 atom stereocenters. The second kappa shape index (κ2) is 5.08. The Labute approximate surface area is 104 Å². The first-order valence-corrected chi connectivity index (χ1v) is 6.51. The summed E-state index contributed by atoms with van der Waals surface area (Å²) in [6, 6.07) is 6.64. The van der Waals surface area contributed by atoms with Crippen molar-refractivity contribution in [3.8, 4) is 0 Å². The number of alkyl halides is 1. The van der Waals surface area contributed by atoms with Crippen LogP contribution in [0, 0.1) is 0 Å². The van der Waals surface area contributed by atoms with Crippen LogP contribution in [0.4, 0.5) is 5.69 Å². The number of carbonyl (C=O) groups is 1. The Morgan fingerprint density at radius 3 is 3.12 bits per heavy atom. The van der Waals surface area contributed by atoms with Crippen molar-refractivity contribution in [1.82, 2.24) is 4.90 Å². The quantitative estimate of drug-likeness (QED) is 0.666. The number of anilines is 1. The lowest BCUT2D eigenvalue weighted by Crippen LogP contribution is -2.19. The summed E-state index contributed by atoms with van der Waals surface area (Å²) in [7, 11) is 1.96. The lowest BCUT2D eigenvalue weighted by Gasteiger charge is -2.18. The van der Waals surface area contributed by atoms with E-state index in [-0.39, 0.29) is 5.91 Å². The Morgan fingerprint density at radius 2 is 2.38 bits per heavy atom. The van der Waals surface area contributed by atoms with Crippen LogP contribution in [0.15, 0.2) is 23.1 Å². The normalized spacial score (nSPS) is 14.8. The van der Waals surface area contributed by atoms with Gasteiger partial charge in [0.15, 0.2) is 0 Å². The standard InChI is InChI=1S/C11H13ClN2OS/c1-14(7-12)5-8-2-3-10-9(4-8)13-11(15)6-16-10/h2-4H,5-7H2,1H3,(H,13,15). The summed E-state index contributed by atoms with van der Waals surface area (Å²) in [6.45, 7) is 0.789. The molecule has 1 aliphatic heterocycles. The topological polar surface area (TPSA) is 32.3 Å². The monoisotopic (exact) mass is 256 g/mol. The SMILES string of the molecule is CN(CCl)Cc1ccc2c(c1)NC(=O)CS2. The summed E-state index contributed by atoms with van der Waals surface area (Å²) in [5.41, 5.74) is 2.08. The number of halogens is 1. The van der Waals surface area contributed by atoms with E-state index < -0.39 is 0 Å². The summed E-state index contributed by atoms with van der Waals surface area (Å²) in [5, 5.41) is 2.88. The molecule has 1 amide bonds. The number of nitrogens with one attached hydrogen (secondary N) is 1. The van der Waals surface area contributed by atoms with Gasteiger partial charge in [-0.1, -0.05) is 6.07 Å². The zero-order chi connectivity index (χ0) is 11.5. The van der Waals surface area contributed by atoms with E-state index >= 15 is 0 Å². The molecule has 1 N–H and O–H groups in total. The molecule has 0 saturated carbocycles. The lowest BCUT2D eigenvalue weighted by molar-refractivity contribution is -0.113. The molecule has 0 fully saturated rings.